The van der Waals surface area contributed by atoms with E-state index in [1.807, 2.05) is 12.1 Å². The van der Waals surface area contributed by atoms with Gasteiger partial charge in [0.25, 0.3) is 0 Å². The second-order valence-corrected chi connectivity index (χ2v) is 6.57. The lowest BCUT2D eigenvalue weighted by atomic mass is 10.0. The van der Waals surface area contributed by atoms with Gasteiger partial charge in [-0.3, -0.25) is 0 Å². The summed E-state index contributed by atoms with van der Waals surface area (Å²) in [6.07, 6.45) is 2.40. The highest BCUT2D eigenvalue weighted by atomic mass is 35.5. The van der Waals surface area contributed by atoms with Crippen LogP contribution in [0.5, 0.6) is 0 Å². The van der Waals surface area contributed by atoms with Crippen LogP contribution in [-0.2, 0) is 0 Å². The minimum atomic E-state index is 0.507. The van der Waals surface area contributed by atoms with Gasteiger partial charge in [0.05, 0.1) is 22.4 Å². The van der Waals surface area contributed by atoms with Gasteiger partial charge in [0.15, 0.2) is 0 Å². The predicted molar refractivity (Wildman–Crippen MR) is 85.9 cm³/mol. The number of hydrogen-bond donors (Lipinski definition) is 1. The van der Waals surface area contributed by atoms with Crippen molar-refractivity contribution in [3.8, 4) is 0 Å². The van der Waals surface area contributed by atoms with Crippen molar-refractivity contribution in [2.75, 3.05) is 18.0 Å². The Morgan fingerprint density at radius 3 is 3.05 bits per heavy atom. The molecule has 0 amide bonds. The maximum Gasteiger partial charge on any atom is 0.129 e. The molecule has 6 heteroatoms. The molecule has 0 spiro atoms. The minimum absolute atomic E-state index is 0.507. The third-order valence-corrected chi connectivity index (χ3v) is 4.51. The molecule has 2 heterocycles. The highest BCUT2D eigenvalue weighted by Gasteiger charge is 2.24. The van der Waals surface area contributed by atoms with Crippen molar-refractivity contribution >= 4 is 40.0 Å². The topological polar surface area (TPSA) is 41.0 Å². The van der Waals surface area contributed by atoms with Crippen LogP contribution in [0.4, 0.5) is 5.69 Å². The van der Waals surface area contributed by atoms with Gasteiger partial charge < -0.3 is 10.2 Å². The molecule has 0 aliphatic carbocycles. The van der Waals surface area contributed by atoms with Crippen molar-refractivity contribution in [3.05, 3.63) is 17.2 Å². The Labute approximate surface area is 128 Å². The summed E-state index contributed by atoms with van der Waals surface area (Å²) in [6, 6.07) is 4.90. The van der Waals surface area contributed by atoms with E-state index in [9.17, 15) is 0 Å². The van der Waals surface area contributed by atoms with E-state index in [2.05, 4.69) is 32.8 Å². The van der Waals surface area contributed by atoms with Gasteiger partial charge in [0.2, 0.25) is 0 Å². The second-order valence-electron chi connectivity index (χ2n) is 5.63. The van der Waals surface area contributed by atoms with Crippen LogP contribution in [0.15, 0.2) is 12.1 Å². The summed E-state index contributed by atoms with van der Waals surface area (Å²) in [5.41, 5.74) is 2.93. The smallest absolute Gasteiger partial charge is 0.129 e. The molecule has 0 radical (unpaired) electrons. The SMILES string of the molecule is CC(C)NC1CCCN(c2c(Cl)ccc3nsnc23)C1. The van der Waals surface area contributed by atoms with E-state index in [4.69, 9.17) is 11.6 Å². The van der Waals surface area contributed by atoms with Gasteiger partial charge in [0.1, 0.15) is 11.0 Å². The van der Waals surface area contributed by atoms with Crippen LogP contribution in [0.1, 0.15) is 26.7 Å². The zero-order valence-corrected chi connectivity index (χ0v) is 13.3. The van der Waals surface area contributed by atoms with Crippen molar-refractivity contribution in [3.63, 3.8) is 0 Å². The molecule has 20 heavy (non-hydrogen) atoms. The van der Waals surface area contributed by atoms with Crippen LogP contribution in [0.25, 0.3) is 11.0 Å². The molecule has 1 N–H and O–H groups in total. The standard InChI is InChI=1S/C14H19ClN4S/c1-9(2)16-10-4-3-7-19(8-10)14-11(15)5-6-12-13(14)18-20-17-12/h5-6,9-10,16H,3-4,7-8H2,1-2H3. The van der Waals surface area contributed by atoms with E-state index in [1.165, 1.54) is 24.6 Å². The van der Waals surface area contributed by atoms with Gasteiger partial charge in [-0.05, 0) is 25.0 Å². The molecule has 1 aliphatic rings. The summed E-state index contributed by atoms with van der Waals surface area (Å²) < 4.78 is 8.74. The number of benzene rings is 1. The van der Waals surface area contributed by atoms with Gasteiger partial charge >= 0.3 is 0 Å². The van der Waals surface area contributed by atoms with Crippen molar-refractivity contribution in [2.45, 2.75) is 38.8 Å². The highest BCUT2D eigenvalue weighted by molar-refractivity contribution is 7.00. The monoisotopic (exact) mass is 310 g/mol. The first-order valence-corrected chi connectivity index (χ1v) is 8.17. The fraction of sp³-hybridized carbons (Fsp3) is 0.571. The van der Waals surface area contributed by atoms with Gasteiger partial charge in [-0.25, -0.2) is 0 Å². The molecular formula is C14H19ClN4S. The van der Waals surface area contributed by atoms with E-state index >= 15 is 0 Å². The molecule has 108 valence electrons. The molecule has 1 atom stereocenters. The molecule has 0 bridgehead atoms. The summed E-state index contributed by atoms with van der Waals surface area (Å²) in [4.78, 5) is 2.36. The Hall–Kier alpha value is -0.910. The number of aromatic nitrogens is 2. The molecule has 1 saturated heterocycles. The first kappa shape index (κ1) is 14.0. The quantitative estimate of drug-likeness (QED) is 0.944. The zero-order chi connectivity index (χ0) is 14.1. The number of nitrogens with zero attached hydrogens (tertiary/aromatic N) is 3. The van der Waals surface area contributed by atoms with Gasteiger partial charge in [0, 0.05) is 25.2 Å². The first-order valence-electron chi connectivity index (χ1n) is 7.07. The fourth-order valence-corrected chi connectivity index (χ4v) is 3.71. The number of fused-ring (bicyclic) bond motifs is 1. The van der Waals surface area contributed by atoms with Crippen LogP contribution >= 0.6 is 23.3 Å². The van der Waals surface area contributed by atoms with E-state index in [-0.39, 0.29) is 0 Å². The molecular weight excluding hydrogens is 292 g/mol. The Morgan fingerprint density at radius 1 is 1.40 bits per heavy atom. The number of halogens is 1. The molecule has 1 unspecified atom stereocenters. The van der Waals surface area contributed by atoms with Gasteiger partial charge in [-0.2, -0.15) is 8.75 Å². The van der Waals surface area contributed by atoms with E-state index in [1.54, 1.807) is 0 Å². The van der Waals surface area contributed by atoms with Crippen molar-refractivity contribution < 1.29 is 0 Å². The Bertz CT molecular complexity index is 598. The van der Waals surface area contributed by atoms with Crippen molar-refractivity contribution in [1.29, 1.82) is 0 Å². The molecule has 1 aromatic carbocycles. The normalized spacial score (nSPS) is 20.0. The predicted octanol–water partition coefficient (Wildman–Crippen LogP) is 3.31. The Kier molecular flexibility index (Phi) is 4.10. The van der Waals surface area contributed by atoms with E-state index in [0.29, 0.717) is 12.1 Å². The average Bonchev–Trinajstić information content (AvgIpc) is 2.86. The summed E-state index contributed by atoms with van der Waals surface area (Å²) >= 11 is 7.67. The maximum absolute atomic E-state index is 6.42. The van der Waals surface area contributed by atoms with Crippen molar-refractivity contribution in [2.24, 2.45) is 0 Å². The second kappa shape index (κ2) is 5.84. The summed E-state index contributed by atoms with van der Waals surface area (Å²) in [5, 5.41) is 4.40. The summed E-state index contributed by atoms with van der Waals surface area (Å²) in [7, 11) is 0. The molecule has 0 saturated carbocycles. The van der Waals surface area contributed by atoms with Crippen LogP contribution in [0.3, 0.4) is 0 Å². The van der Waals surface area contributed by atoms with Crippen LogP contribution in [0.2, 0.25) is 5.02 Å². The lowest BCUT2D eigenvalue weighted by molar-refractivity contribution is 0.395. The maximum atomic E-state index is 6.42. The first-order chi connectivity index (χ1) is 9.65. The zero-order valence-electron chi connectivity index (χ0n) is 11.8. The number of rotatable bonds is 3. The van der Waals surface area contributed by atoms with Crippen LogP contribution in [-0.4, -0.2) is 33.9 Å². The minimum Gasteiger partial charge on any atom is -0.367 e. The fourth-order valence-electron chi connectivity index (χ4n) is 2.90. The largest absolute Gasteiger partial charge is 0.367 e. The molecule has 3 rings (SSSR count). The number of anilines is 1. The van der Waals surface area contributed by atoms with Gasteiger partial charge in [-0.1, -0.05) is 25.4 Å². The summed E-state index contributed by atoms with van der Waals surface area (Å²) in [5.74, 6) is 0. The van der Waals surface area contributed by atoms with Crippen LogP contribution < -0.4 is 10.2 Å². The third-order valence-electron chi connectivity index (χ3n) is 3.66. The Balaban J connectivity index is 1.90. The van der Waals surface area contributed by atoms with Gasteiger partial charge in [-0.15, -0.1) is 0 Å². The lowest BCUT2D eigenvalue weighted by Gasteiger charge is -2.36. The number of hydrogen-bond acceptors (Lipinski definition) is 5. The van der Waals surface area contributed by atoms with E-state index in [0.717, 1.165) is 34.8 Å². The third kappa shape index (κ3) is 2.75. The van der Waals surface area contributed by atoms with Crippen LogP contribution in [0, 0.1) is 0 Å². The molecule has 2 aromatic rings. The molecule has 1 fully saturated rings. The Morgan fingerprint density at radius 2 is 2.25 bits per heavy atom. The summed E-state index contributed by atoms with van der Waals surface area (Å²) in [6.45, 7) is 6.40. The highest BCUT2D eigenvalue weighted by Crippen LogP contribution is 2.34. The molecule has 4 nitrogen and oxygen atoms in total. The molecule has 1 aromatic heterocycles. The van der Waals surface area contributed by atoms with E-state index < -0.39 is 0 Å². The molecule has 1 aliphatic heterocycles. The lowest BCUT2D eigenvalue weighted by Crippen LogP contribution is -2.48. The number of piperidine rings is 1. The number of nitrogens with one attached hydrogen (secondary N) is 1. The average molecular weight is 311 g/mol. The van der Waals surface area contributed by atoms with Crippen molar-refractivity contribution in [1.82, 2.24) is 14.1 Å².